The van der Waals surface area contributed by atoms with Crippen LogP contribution in [0.1, 0.15) is 48.5 Å². The minimum Gasteiger partial charge on any atom is -0.388 e. The van der Waals surface area contributed by atoms with Crippen molar-refractivity contribution in [3.63, 3.8) is 0 Å². The first-order valence-corrected chi connectivity index (χ1v) is 5.70. The van der Waals surface area contributed by atoms with Crippen molar-refractivity contribution in [2.75, 3.05) is 0 Å². The monoisotopic (exact) mass is 202 g/mol. The average Bonchev–Trinajstić information content (AvgIpc) is 2.05. The van der Waals surface area contributed by atoms with Crippen LogP contribution in [0.4, 0.5) is 0 Å². The van der Waals surface area contributed by atoms with Crippen LogP contribution in [0.3, 0.4) is 0 Å². The summed E-state index contributed by atoms with van der Waals surface area (Å²) in [4.78, 5) is 0. The fourth-order valence-corrected chi connectivity index (χ4v) is 4.19. The lowest BCUT2D eigenvalue weighted by Gasteiger charge is -2.25. The van der Waals surface area contributed by atoms with E-state index < -0.39 is 5.60 Å². The summed E-state index contributed by atoms with van der Waals surface area (Å²) in [5.41, 5.74) is -0.504. The molecule has 1 aliphatic rings. The Morgan fingerprint density at radius 2 is 1.31 bits per heavy atom. The predicted molar refractivity (Wildman–Crippen MR) is 60.2 cm³/mol. The molecule has 1 aliphatic carbocycles. The minimum absolute atomic E-state index is 0.00174. The molecule has 0 aliphatic heterocycles. The molecule has 1 fully saturated rings. The molecule has 1 nitrogen and oxygen atoms in total. The number of thioether (sulfide) groups is 1. The lowest BCUT2D eigenvalue weighted by atomic mass is 10.1. The van der Waals surface area contributed by atoms with E-state index >= 15 is 0 Å². The van der Waals surface area contributed by atoms with Crippen LogP contribution >= 0.6 is 11.8 Å². The zero-order valence-electron chi connectivity index (χ0n) is 9.86. The molecule has 0 spiro atoms. The van der Waals surface area contributed by atoms with Crippen molar-refractivity contribution < 1.29 is 5.11 Å². The Morgan fingerprint density at radius 1 is 1.00 bits per heavy atom. The smallest absolute Gasteiger partial charge is 0.0834 e. The van der Waals surface area contributed by atoms with Gasteiger partial charge in [-0.05, 0) is 13.8 Å². The summed E-state index contributed by atoms with van der Waals surface area (Å²) in [5, 5.41) is 10.2. The van der Waals surface area contributed by atoms with Gasteiger partial charge in [-0.2, -0.15) is 0 Å². The van der Waals surface area contributed by atoms with E-state index in [4.69, 9.17) is 0 Å². The van der Waals surface area contributed by atoms with Crippen molar-refractivity contribution >= 4 is 11.8 Å². The fraction of sp³-hybridized carbons (Fsp3) is 1.00. The van der Waals surface area contributed by atoms with E-state index in [1.54, 1.807) is 0 Å². The molecule has 0 amide bonds. The van der Waals surface area contributed by atoms with Gasteiger partial charge in [0.2, 0.25) is 0 Å². The molecule has 78 valence electrons. The molecular formula is C11H22OS. The Morgan fingerprint density at radius 3 is 1.38 bits per heavy atom. The van der Waals surface area contributed by atoms with Gasteiger partial charge in [0, 0.05) is 10.2 Å². The van der Waals surface area contributed by atoms with Gasteiger partial charge in [-0.1, -0.05) is 34.6 Å². The zero-order chi connectivity index (χ0) is 10.7. The number of rotatable bonds is 1. The largest absolute Gasteiger partial charge is 0.388 e. The summed E-state index contributed by atoms with van der Waals surface area (Å²) in [5.74, 6) is 0. The van der Waals surface area contributed by atoms with Crippen LogP contribution in [0.15, 0.2) is 0 Å². The Balaban J connectivity index is 2.84. The van der Waals surface area contributed by atoms with E-state index in [1.807, 2.05) is 18.7 Å². The van der Waals surface area contributed by atoms with E-state index in [0.717, 1.165) is 0 Å². The molecular weight excluding hydrogens is 180 g/mol. The second-order valence-electron chi connectivity index (χ2n) is 5.94. The summed E-state index contributed by atoms with van der Waals surface area (Å²) in [6.45, 7) is 15.0. The van der Waals surface area contributed by atoms with Crippen LogP contribution in [0.2, 0.25) is 0 Å². The van der Waals surface area contributed by atoms with E-state index in [0.29, 0.717) is 0 Å². The van der Waals surface area contributed by atoms with Gasteiger partial charge < -0.3 is 5.11 Å². The van der Waals surface area contributed by atoms with Crippen molar-refractivity contribution in [3.05, 3.63) is 0 Å². The maximum absolute atomic E-state index is 10.2. The Bertz CT molecular complexity index is 209. The number of hydrogen-bond donors (Lipinski definition) is 1. The third-order valence-electron chi connectivity index (χ3n) is 3.79. The molecule has 2 atom stereocenters. The predicted octanol–water partition coefficient (Wildman–Crippen LogP) is 3.07. The highest BCUT2D eigenvalue weighted by Gasteiger charge is 2.78. The van der Waals surface area contributed by atoms with Crippen molar-refractivity contribution in [1.29, 1.82) is 0 Å². The van der Waals surface area contributed by atoms with Gasteiger partial charge in [-0.3, -0.25) is 0 Å². The van der Waals surface area contributed by atoms with E-state index in [-0.39, 0.29) is 14.9 Å². The van der Waals surface area contributed by atoms with E-state index in [2.05, 4.69) is 41.5 Å². The van der Waals surface area contributed by atoms with Gasteiger partial charge in [-0.15, -0.1) is 11.8 Å². The standard InChI is InChI=1S/C11H22OS/c1-8(2,3)13-11(7)9(4,5)10(11,6)12/h12H,1-7H3. The van der Waals surface area contributed by atoms with Crippen LogP contribution in [-0.2, 0) is 0 Å². The first-order valence-electron chi connectivity index (χ1n) is 4.88. The molecule has 2 heteroatoms. The lowest BCUT2D eigenvalue weighted by molar-refractivity contribution is 0.125. The molecule has 2 unspecified atom stereocenters. The van der Waals surface area contributed by atoms with Gasteiger partial charge in [0.15, 0.2) is 0 Å². The summed E-state index contributed by atoms with van der Waals surface area (Å²) in [6.07, 6.45) is 0. The molecule has 0 saturated heterocycles. The van der Waals surface area contributed by atoms with Gasteiger partial charge in [0.25, 0.3) is 0 Å². The van der Waals surface area contributed by atoms with Crippen LogP contribution in [0.25, 0.3) is 0 Å². The van der Waals surface area contributed by atoms with Crippen LogP contribution < -0.4 is 0 Å². The van der Waals surface area contributed by atoms with Gasteiger partial charge >= 0.3 is 0 Å². The second-order valence-corrected chi connectivity index (χ2v) is 8.19. The minimum atomic E-state index is -0.530. The maximum Gasteiger partial charge on any atom is 0.0834 e. The quantitative estimate of drug-likeness (QED) is 0.705. The summed E-state index contributed by atoms with van der Waals surface area (Å²) < 4.78 is 0.213. The Kier molecular flexibility index (Phi) is 2.15. The highest BCUT2D eigenvalue weighted by atomic mass is 32.2. The SMILES string of the molecule is CC(C)(C)SC1(C)C(C)(C)C1(C)O. The maximum atomic E-state index is 10.2. The third-order valence-corrected chi connectivity index (χ3v) is 5.71. The summed E-state index contributed by atoms with van der Waals surface area (Å²) in [7, 11) is 0. The van der Waals surface area contributed by atoms with Crippen LogP contribution in [0.5, 0.6) is 0 Å². The van der Waals surface area contributed by atoms with E-state index in [9.17, 15) is 5.11 Å². The molecule has 1 rings (SSSR count). The molecule has 0 aromatic rings. The van der Waals surface area contributed by atoms with Crippen LogP contribution in [0, 0.1) is 5.41 Å². The zero-order valence-corrected chi connectivity index (χ0v) is 10.7. The molecule has 0 radical (unpaired) electrons. The molecule has 0 aromatic carbocycles. The van der Waals surface area contributed by atoms with Crippen molar-refractivity contribution in [2.45, 2.75) is 63.6 Å². The fourth-order valence-electron chi connectivity index (χ4n) is 2.11. The second kappa shape index (κ2) is 2.46. The molecule has 1 N–H and O–H groups in total. The van der Waals surface area contributed by atoms with Gasteiger partial charge in [-0.25, -0.2) is 0 Å². The molecule has 0 bridgehead atoms. The number of hydrogen-bond acceptors (Lipinski definition) is 2. The molecule has 1 saturated carbocycles. The van der Waals surface area contributed by atoms with Crippen molar-refractivity contribution in [1.82, 2.24) is 0 Å². The van der Waals surface area contributed by atoms with Gasteiger partial charge in [0.05, 0.1) is 10.3 Å². The number of aliphatic hydroxyl groups is 1. The summed E-state index contributed by atoms with van der Waals surface area (Å²) >= 11 is 1.89. The topological polar surface area (TPSA) is 20.2 Å². The average molecular weight is 202 g/mol. The van der Waals surface area contributed by atoms with Crippen LogP contribution in [-0.4, -0.2) is 20.2 Å². The van der Waals surface area contributed by atoms with Crippen molar-refractivity contribution in [2.24, 2.45) is 5.41 Å². The first kappa shape index (κ1) is 11.4. The Hall–Kier alpha value is 0.310. The summed E-state index contributed by atoms with van der Waals surface area (Å²) in [6, 6.07) is 0. The molecule has 0 aromatic heterocycles. The van der Waals surface area contributed by atoms with Gasteiger partial charge in [0.1, 0.15) is 0 Å². The Labute approximate surface area is 86.3 Å². The third kappa shape index (κ3) is 1.33. The molecule has 13 heavy (non-hydrogen) atoms. The lowest BCUT2D eigenvalue weighted by Crippen LogP contribution is -2.22. The normalized spacial score (nSPS) is 43.4. The highest BCUT2D eigenvalue weighted by molar-refractivity contribution is 8.02. The first-order chi connectivity index (χ1) is 5.46. The van der Waals surface area contributed by atoms with E-state index in [1.165, 1.54) is 0 Å². The molecule has 0 heterocycles. The highest BCUT2D eigenvalue weighted by Crippen LogP contribution is 2.73. The van der Waals surface area contributed by atoms with Crippen molar-refractivity contribution in [3.8, 4) is 0 Å².